The number of ether oxygens (including phenoxy) is 5. The summed E-state index contributed by atoms with van der Waals surface area (Å²) in [6.07, 6.45) is -0.854. The molecule has 3 fully saturated rings. The Bertz CT molecular complexity index is 872. The Morgan fingerprint density at radius 2 is 1.81 bits per heavy atom. The van der Waals surface area contributed by atoms with Crippen molar-refractivity contribution < 1.29 is 23.7 Å². The third-order valence-electron chi connectivity index (χ3n) is 5.32. The molecule has 3 aliphatic heterocycles. The Morgan fingerprint density at radius 3 is 2.62 bits per heavy atom. The monoisotopic (exact) mass is 359 g/mol. The van der Waals surface area contributed by atoms with Gasteiger partial charge in [-0.1, -0.05) is 11.6 Å². The van der Waals surface area contributed by atoms with E-state index in [9.17, 15) is 0 Å². The van der Waals surface area contributed by atoms with Gasteiger partial charge in [0, 0.05) is 10.9 Å². The third kappa shape index (κ3) is 2.37. The fraction of sp³-hybridized carbons (Fsp3) is 0.600. The molecule has 4 heterocycles. The Kier molecular flexibility index (Phi) is 3.27. The predicted octanol–water partition coefficient (Wildman–Crippen LogP) is 3.33. The van der Waals surface area contributed by atoms with E-state index in [1.165, 1.54) is 5.56 Å². The van der Waals surface area contributed by atoms with Crippen molar-refractivity contribution in [2.45, 2.75) is 70.3 Å². The molecule has 26 heavy (non-hydrogen) atoms. The lowest BCUT2D eigenvalue weighted by Crippen LogP contribution is -2.56. The summed E-state index contributed by atoms with van der Waals surface area (Å²) < 4.78 is 31.1. The van der Waals surface area contributed by atoms with E-state index in [0.29, 0.717) is 6.61 Å². The van der Waals surface area contributed by atoms with Crippen LogP contribution in [0.15, 0.2) is 24.3 Å². The molecule has 0 spiro atoms. The molecule has 0 bridgehead atoms. The van der Waals surface area contributed by atoms with E-state index in [1.807, 2.05) is 27.7 Å². The van der Waals surface area contributed by atoms with Gasteiger partial charge in [-0.3, -0.25) is 0 Å². The van der Waals surface area contributed by atoms with Crippen molar-refractivity contribution in [3.63, 3.8) is 0 Å². The second kappa shape index (κ2) is 5.09. The maximum absolute atomic E-state index is 6.35. The summed E-state index contributed by atoms with van der Waals surface area (Å²) in [5.74, 6) is -2.49. The molecule has 1 aromatic heterocycles. The van der Waals surface area contributed by atoms with Gasteiger partial charge in [0.05, 0.1) is 12.3 Å². The minimum atomic E-state index is -1.04. The molecule has 0 radical (unpaired) electrons. The number of H-pyrrole nitrogens is 1. The summed E-state index contributed by atoms with van der Waals surface area (Å²) in [4.78, 5) is 3.47. The van der Waals surface area contributed by atoms with Gasteiger partial charge in [-0.2, -0.15) is 0 Å². The van der Waals surface area contributed by atoms with Crippen LogP contribution in [0.2, 0.25) is 0 Å². The zero-order valence-electron chi connectivity index (χ0n) is 15.8. The minimum Gasteiger partial charge on any atom is -0.354 e. The maximum Gasteiger partial charge on any atom is 0.242 e. The molecule has 140 valence electrons. The van der Waals surface area contributed by atoms with Crippen LogP contribution in [0, 0.1) is 6.92 Å². The minimum absolute atomic E-state index is 0.174. The van der Waals surface area contributed by atoms with Crippen molar-refractivity contribution in [2.24, 2.45) is 0 Å². The first-order chi connectivity index (χ1) is 12.2. The second-order valence-corrected chi connectivity index (χ2v) is 8.43. The van der Waals surface area contributed by atoms with Crippen LogP contribution >= 0.6 is 0 Å². The number of aromatic amines is 1. The van der Waals surface area contributed by atoms with Gasteiger partial charge in [0.1, 0.15) is 18.3 Å². The predicted molar refractivity (Wildman–Crippen MR) is 94.5 cm³/mol. The highest BCUT2D eigenvalue weighted by atomic mass is 16.9. The van der Waals surface area contributed by atoms with E-state index < -0.39 is 23.5 Å². The Labute approximate surface area is 152 Å². The number of benzene rings is 1. The van der Waals surface area contributed by atoms with Crippen molar-refractivity contribution in [1.82, 2.24) is 4.98 Å². The van der Waals surface area contributed by atoms with Crippen molar-refractivity contribution in [3.8, 4) is 0 Å². The molecule has 3 aliphatic rings. The summed E-state index contributed by atoms with van der Waals surface area (Å²) >= 11 is 0. The van der Waals surface area contributed by atoms with Crippen LogP contribution in [0.1, 0.15) is 39.0 Å². The van der Waals surface area contributed by atoms with E-state index in [2.05, 4.69) is 36.2 Å². The van der Waals surface area contributed by atoms with Crippen LogP contribution in [0.5, 0.6) is 0 Å². The smallest absolute Gasteiger partial charge is 0.242 e. The first-order valence-corrected chi connectivity index (χ1v) is 9.15. The molecule has 4 atom stereocenters. The van der Waals surface area contributed by atoms with Crippen LogP contribution in [-0.2, 0) is 29.5 Å². The number of aromatic nitrogens is 1. The lowest BCUT2D eigenvalue weighted by Gasteiger charge is -2.40. The van der Waals surface area contributed by atoms with Crippen LogP contribution in [-0.4, -0.2) is 41.5 Å². The average Bonchev–Trinajstić information content (AvgIpc) is 3.16. The molecule has 0 aliphatic carbocycles. The van der Waals surface area contributed by atoms with E-state index in [4.69, 9.17) is 23.7 Å². The van der Waals surface area contributed by atoms with Gasteiger partial charge in [-0.25, -0.2) is 0 Å². The molecule has 1 N–H and O–H groups in total. The molecular formula is C20H25NO5. The number of hydrogen-bond donors (Lipinski definition) is 1. The summed E-state index contributed by atoms with van der Waals surface area (Å²) in [7, 11) is 0. The third-order valence-corrected chi connectivity index (χ3v) is 5.32. The number of nitrogens with one attached hydrogen (secondary N) is 1. The van der Waals surface area contributed by atoms with Crippen molar-refractivity contribution in [1.29, 1.82) is 0 Å². The summed E-state index contributed by atoms with van der Waals surface area (Å²) in [6.45, 7) is 10.1. The number of rotatable bonds is 1. The largest absolute Gasteiger partial charge is 0.354 e. The first-order valence-electron chi connectivity index (χ1n) is 9.15. The second-order valence-electron chi connectivity index (χ2n) is 8.43. The van der Waals surface area contributed by atoms with Gasteiger partial charge in [-0.15, -0.1) is 0 Å². The fourth-order valence-corrected chi connectivity index (χ4v) is 4.41. The highest BCUT2D eigenvalue weighted by Crippen LogP contribution is 2.52. The average molecular weight is 359 g/mol. The van der Waals surface area contributed by atoms with Crippen LogP contribution < -0.4 is 0 Å². The zero-order valence-corrected chi connectivity index (χ0v) is 15.8. The SMILES string of the molecule is Cc1ccc2[nH]c([C@@]34OC[C@H]5OC(C)(C)O[C@H]5[C@@H]3OC(C)(C)O4)cc2c1. The van der Waals surface area contributed by atoms with Gasteiger partial charge in [0.25, 0.3) is 0 Å². The molecule has 6 heteroatoms. The van der Waals surface area contributed by atoms with Crippen molar-refractivity contribution >= 4 is 10.9 Å². The van der Waals surface area contributed by atoms with Crippen LogP contribution in [0.25, 0.3) is 10.9 Å². The normalized spacial score (nSPS) is 37.7. The van der Waals surface area contributed by atoms with E-state index in [0.717, 1.165) is 16.6 Å². The van der Waals surface area contributed by atoms with Crippen LogP contribution in [0.4, 0.5) is 0 Å². The van der Waals surface area contributed by atoms with E-state index in [1.54, 1.807) is 0 Å². The van der Waals surface area contributed by atoms with Crippen molar-refractivity contribution in [2.75, 3.05) is 6.61 Å². The molecular weight excluding hydrogens is 334 g/mol. The number of hydrogen-bond acceptors (Lipinski definition) is 5. The number of aryl methyl sites for hydroxylation is 1. The van der Waals surface area contributed by atoms with Gasteiger partial charge in [-0.05, 0) is 52.8 Å². The van der Waals surface area contributed by atoms with Crippen LogP contribution in [0.3, 0.4) is 0 Å². The lowest BCUT2D eigenvalue weighted by atomic mass is 9.94. The molecule has 0 unspecified atom stereocenters. The highest BCUT2D eigenvalue weighted by Gasteiger charge is 2.66. The van der Waals surface area contributed by atoms with Gasteiger partial charge < -0.3 is 28.7 Å². The van der Waals surface area contributed by atoms with Crippen molar-refractivity contribution in [3.05, 3.63) is 35.5 Å². The lowest BCUT2D eigenvalue weighted by molar-refractivity contribution is -0.291. The van der Waals surface area contributed by atoms with Gasteiger partial charge >= 0.3 is 0 Å². The zero-order chi connectivity index (χ0) is 18.3. The highest BCUT2D eigenvalue weighted by molar-refractivity contribution is 5.81. The van der Waals surface area contributed by atoms with Gasteiger partial charge in [0.2, 0.25) is 5.79 Å². The molecule has 2 aromatic rings. The first kappa shape index (κ1) is 16.7. The topological polar surface area (TPSA) is 61.9 Å². The maximum atomic E-state index is 6.35. The molecule has 0 amide bonds. The van der Waals surface area contributed by atoms with E-state index >= 15 is 0 Å². The van der Waals surface area contributed by atoms with E-state index in [-0.39, 0.29) is 12.2 Å². The Balaban J connectivity index is 1.62. The summed E-state index contributed by atoms with van der Waals surface area (Å²) in [5.41, 5.74) is 3.10. The molecule has 0 saturated carbocycles. The standard InChI is InChI=1S/C20H25NO5/c1-11-6-7-13-12(8-11)9-15(21-13)20-17(25-19(4,5)26-20)16-14(10-22-20)23-18(2,3)24-16/h6-9,14,16-17,21H,10H2,1-5H3/t14-,16-,17+,20+/m1/s1. The summed E-state index contributed by atoms with van der Waals surface area (Å²) in [5, 5.41) is 1.12. The molecule has 3 saturated heterocycles. The van der Waals surface area contributed by atoms with Gasteiger partial charge in [0.15, 0.2) is 11.6 Å². The molecule has 1 aromatic carbocycles. The quantitative estimate of drug-likeness (QED) is 0.846. The summed E-state index contributed by atoms with van der Waals surface area (Å²) in [6, 6.07) is 8.39. The molecule has 6 nitrogen and oxygen atoms in total. The fourth-order valence-electron chi connectivity index (χ4n) is 4.41. The molecule has 5 rings (SSSR count). The Morgan fingerprint density at radius 1 is 1.00 bits per heavy atom. The number of fused-ring (bicyclic) bond motifs is 4. The Hall–Kier alpha value is -1.44.